The van der Waals surface area contributed by atoms with Crippen molar-refractivity contribution >= 4 is 6.03 Å². The normalized spacial score (nSPS) is 14.4. The molecular formula is C19H32N2O2. The highest BCUT2D eigenvalue weighted by Crippen LogP contribution is 2.27. The molecule has 0 aliphatic rings. The van der Waals surface area contributed by atoms with E-state index in [2.05, 4.69) is 45.1 Å². The zero-order valence-electron chi connectivity index (χ0n) is 15.3. The molecule has 0 saturated carbocycles. The Balaban J connectivity index is 2.74. The molecule has 0 aliphatic heterocycles. The number of aliphatic hydroxyl groups excluding tert-OH is 1. The van der Waals surface area contributed by atoms with Crippen molar-refractivity contribution in [3.05, 3.63) is 35.9 Å². The Morgan fingerprint density at radius 3 is 2.26 bits per heavy atom. The number of benzene rings is 1. The van der Waals surface area contributed by atoms with Crippen molar-refractivity contribution in [1.82, 2.24) is 10.2 Å². The van der Waals surface area contributed by atoms with Crippen LogP contribution in [0.3, 0.4) is 0 Å². The third-order valence-corrected chi connectivity index (χ3v) is 4.08. The fraction of sp³-hybridized carbons (Fsp3) is 0.632. The smallest absolute Gasteiger partial charge is 0.317 e. The molecule has 0 aliphatic carbocycles. The molecule has 0 radical (unpaired) electrons. The quantitative estimate of drug-likeness (QED) is 0.802. The van der Waals surface area contributed by atoms with Crippen LogP contribution in [0.25, 0.3) is 0 Å². The van der Waals surface area contributed by atoms with Crippen molar-refractivity contribution in [2.75, 3.05) is 13.6 Å². The lowest BCUT2D eigenvalue weighted by Gasteiger charge is -2.33. The number of nitrogens with zero attached hydrogens (tertiary/aromatic N) is 1. The van der Waals surface area contributed by atoms with Gasteiger partial charge >= 0.3 is 6.03 Å². The second-order valence-corrected chi connectivity index (χ2v) is 7.59. The first-order chi connectivity index (χ1) is 10.6. The second-order valence-electron chi connectivity index (χ2n) is 7.59. The van der Waals surface area contributed by atoms with E-state index in [1.54, 1.807) is 11.8 Å². The Kier molecular flexibility index (Phi) is 7.07. The van der Waals surface area contributed by atoms with Crippen molar-refractivity contribution in [1.29, 1.82) is 0 Å². The molecule has 23 heavy (non-hydrogen) atoms. The van der Waals surface area contributed by atoms with Gasteiger partial charge in [-0.25, -0.2) is 4.79 Å². The Morgan fingerprint density at radius 2 is 1.78 bits per heavy atom. The summed E-state index contributed by atoms with van der Waals surface area (Å²) in [5.74, 6) is 0.318. The minimum Gasteiger partial charge on any atom is -0.393 e. The predicted molar refractivity (Wildman–Crippen MR) is 95.3 cm³/mol. The number of hydrogen-bond acceptors (Lipinski definition) is 2. The van der Waals surface area contributed by atoms with Crippen molar-refractivity contribution in [2.45, 2.75) is 53.2 Å². The minimum atomic E-state index is -0.368. The van der Waals surface area contributed by atoms with Gasteiger partial charge in [0.05, 0.1) is 12.1 Å². The van der Waals surface area contributed by atoms with E-state index in [4.69, 9.17) is 0 Å². The average molecular weight is 320 g/mol. The largest absolute Gasteiger partial charge is 0.393 e. The summed E-state index contributed by atoms with van der Waals surface area (Å²) in [5.41, 5.74) is 1.01. The van der Waals surface area contributed by atoms with Gasteiger partial charge in [0.1, 0.15) is 0 Å². The Hall–Kier alpha value is -1.55. The van der Waals surface area contributed by atoms with Crippen LogP contribution < -0.4 is 5.32 Å². The Labute approximate surface area is 140 Å². The number of rotatable bonds is 7. The molecule has 1 rings (SSSR count). The van der Waals surface area contributed by atoms with E-state index in [1.807, 2.05) is 25.2 Å². The number of hydrogen-bond donors (Lipinski definition) is 2. The first-order valence-electron chi connectivity index (χ1n) is 8.37. The maximum absolute atomic E-state index is 12.5. The van der Waals surface area contributed by atoms with E-state index in [0.717, 1.165) is 5.56 Å². The van der Waals surface area contributed by atoms with Gasteiger partial charge in [-0.05, 0) is 30.2 Å². The molecular weight excluding hydrogens is 288 g/mol. The molecule has 2 amide bonds. The molecule has 0 aromatic heterocycles. The number of carbonyl (C=O) groups excluding carboxylic acids is 1. The van der Waals surface area contributed by atoms with Crippen molar-refractivity contribution < 1.29 is 9.90 Å². The van der Waals surface area contributed by atoms with E-state index in [0.29, 0.717) is 18.9 Å². The summed E-state index contributed by atoms with van der Waals surface area (Å²) in [5, 5.41) is 12.6. The summed E-state index contributed by atoms with van der Waals surface area (Å²) in [6, 6.07) is 10.1. The van der Waals surface area contributed by atoms with Crippen LogP contribution in [0.5, 0.6) is 0 Å². The highest BCUT2D eigenvalue weighted by molar-refractivity contribution is 5.74. The fourth-order valence-corrected chi connectivity index (χ4v) is 3.14. The van der Waals surface area contributed by atoms with Gasteiger partial charge in [-0.3, -0.25) is 0 Å². The van der Waals surface area contributed by atoms with Gasteiger partial charge in [0, 0.05) is 13.6 Å². The third kappa shape index (κ3) is 6.22. The summed E-state index contributed by atoms with van der Waals surface area (Å²) >= 11 is 0. The van der Waals surface area contributed by atoms with Gasteiger partial charge in [-0.2, -0.15) is 0 Å². The van der Waals surface area contributed by atoms with Gasteiger partial charge in [-0.1, -0.05) is 58.0 Å². The summed E-state index contributed by atoms with van der Waals surface area (Å²) in [7, 11) is 1.84. The number of amides is 2. The zero-order chi connectivity index (χ0) is 17.6. The van der Waals surface area contributed by atoms with E-state index in [-0.39, 0.29) is 23.6 Å². The van der Waals surface area contributed by atoms with Crippen molar-refractivity contribution in [3.8, 4) is 0 Å². The lowest BCUT2D eigenvalue weighted by molar-refractivity contribution is 0.124. The summed E-state index contributed by atoms with van der Waals surface area (Å²) in [4.78, 5) is 14.3. The summed E-state index contributed by atoms with van der Waals surface area (Å²) in [6.07, 6.45) is 0.288. The highest BCUT2D eigenvalue weighted by atomic mass is 16.3. The molecule has 130 valence electrons. The van der Waals surface area contributed by atoms with Crippen LogP contribution in [-0.4, -0.2) is 35.7 Å². The van der Waals surface area contributed by atoms with E-state index >= 15 is 0 Å². The van der Waals surface area contributed by atoms with Crippen LogP contribution in [-0.2, 0) is 0 Å². The molecule has 0 bridgehead atoms. The van der Waals surface area contributed by atoms with Gasteiger partial charge in [0.2, 0.25) is 0 Å². The highest BCUT2D eigenvalue weighted by Gasteiger charge is 2.26. The summed E-state index contributed by atoms with van der Waals surface area (Å²) < 4.78 is 0. The number of carbonyl (C=O) groups is 1. The van der Waals surface area contributed by atoms with E-state index < -0.39 is 0 Å². The number of nitrogens with one attached hydrogen (secondary N) is 1. The van der Waals surface area contributed by atoms with Crippen molar-refractivity contribution in [3.63, 3.8) is 0 Å². The third-order valence-electron chi connectivity index (χ3n) is 4.08. The maximum Gasteiger partial charge on any atom is 0.317 e. The van der Waals surface area contributed by atoms with Crippen LogP contribution in [0.4, 0.5) is 4.79 Å². The van der Waals surface area contributed by atoms with Gasteiger partial charge < -0.3 is 15.3 Å². The monoisotopic (exact) mass is 320 g/mol. The molecule has 4 heteroatoms. The molecule has 2 atom stereocenters. The molecule has 4 nitrogen and oxygen atoms in total. The molecule has 1 aromatic rings. The number of urea groups is 1. The van der Waals surface area contributed by atoms with Gasteiger partial charge in [-0.15, -0.1) is 0 Å². The van der Waals surface area contributed by atoms with Crippen LogP contribution in [0.1, 0.15) is 52.6 Å². The van der Waals surface area contributed by atoms with Gasteiger partial charge in [0.15, 0.2) is 0 Å². The lowest BCUT2D eigenvalue weighted by atomic mass is 9.87. The first kappa shape index (κ1) is 19.5. The summed E-state index contributed by atoms with van der Waals surface area (Å²) in [6.45, 7) is 10.7. The maximum atomic E-state index is 12.5. The van der Waals surface area contributed by atoms with Gasteiger partial charge in [0.25, 0.3) is 0 Å². The zero-order valence-corrected chi connectivity index (χ0v) is 15.3. The topological polar surface area (TPSA) is 52.6 Å². The molecule has 0 spiro atoms. The minimum absolute atomic E-state index is 0.0380. The predicted octanol–water partition coefficient (Wildman–Crippen LogP) is 3.82. The second kappa shape index (κ2) is 8.34. The van der Waals surface area contributed by atoms with Crippen LogP contribution >= 0.6 is 0 Å². The SMILES string of the molecule is CC(O)CC(C)(C)CNC(=O)N(C)C(c1ccccc1)C(C)C. The van der Waals surface area contributed by atoms with E-state index in [1.165, 1.54) is 0 Å². The molecule has 0 fully saturated rings. The fourth-order valence-electron chi connectivity index (χ4n) is 3.14. The van der Waals surface area contributed by atoms with Crippen LogP contribution in [0.2, 0.25) is 0 Å². The van der Waals surface area contributed by atoms with Crippen molar-refractivity contribution in [2.24, 2.45) is 11.3 Å². The average Bonchev–Trinajstić information content (AvgIpc) is 2.44. The lowest BCUT2D eigenvalue weighted by Crippen LogP contribution is -2.44. The Bertz CT molecular complexity index is 483. The van der Waals surface area contributed by atoms with E-state index in [9.17, 15) is 9.90 Å². The molecule has 0 heterocycles. The molecule has 0 saturated heterocycles. The first-order valence-corrected chi connectivity index (χ1v) is 8.37. The Morgan fingerprint density at radius 1 is 1.22 bits per heavy atom. The molecule has 1 aromatic carbocycles. The number of aliphatic hydroxyl groups is 1. The van der Waals surface area contributed by atoms with Crippen LogP contribution in [0, 0.1) is 11.3 Å². The van der Waals surface area contributed by atoms with Crippen LogP contribution in [0.15, 0.2) is 30.3 Å². The molecule has 2 unspecified atom stereocenters. The standard InChI is InChI=1S/C19H32N2O2/c1-14(2)17(16-10-8-7-9-11-16)21(6)18(23)20-13-19(4,5)12-15(3)22/h7-11,14-15,17,22H,12-13H2,1-6H3,(H,20,23). The molecule has 2 N–H and O–H groups in total.